The maximum absolute atomic E-state index is 10.4. The number of methoxy groups -OCH3 is 1. The minimum Gasteiger partial charge on any atom is -0.496 e. The lowest BCUT2D eigenvalue weighted by atomic mass is 10.00. The Morgan fingerprint density at radius 3 is 2.74 bits per heavy atom. The van der Waals surface area contributed by atoms with Gasteiger partial charge in [0.25, 0.3) is 0 Å². The highest BCUT2D eigenvalue weighted by atomic mass is 35.5. The number of hydrogen-bond acceptors (Lipinski definition) is 3. The Labute approximate surface area is 119 Å². The SMILES string of the molecule is CCOC(C(O)Cc1cc(Cl)ccc1OC)C1CC1. The van der Waals surface area contributed by atoms with Gasteiger partial charge in [-0.2, -0.15) is 0 Å². The highest BCUT2D eigenvalue weighted by Gasteiger charge is 2.36. The molecule has 2 unspecified atom stereocenters. The topological polar surface area (TPSA) is 38.7 Å². The standard InChI is InChI=1S/C15H21ClO3/c1-3-19-15(10-4-5-10)13(17)9-11-8-12(16)6-7-14(11)18-2/h6-8,10,13,15,17H,3-5,9H2,1-2H3. The van der Waals surface area contributed by atoms with Gasteiger partial charge in [-0.05, 0) is 49.4 Å². The Bertz CT molecular complexity index is 418. The smallest absolute Gasteiger partial charge is 0.122 e. The molecule has 0 aromatic heterocycles. The van der Waals surface area contributed by atoms with Crippen LogP contribution in [0.15, 0.2) is 18.2 Å². The fraction of sp³-hybridized carbons (Fsp3) is 0.600. The first-order chi connectivity index (χ1) is 9.15. The van der Waals surface area contributed by atoms with Gasteiger partial charge in [0.2, 0.25) is 0 Å². The molecule has 0 aliphatic heterocycles. The average molecular weight is 285 g/mol. The molecule has 1 N–H and O–H groups in total. The highest BCUT2D eigenvalue weighted by Crippen LogP contribution is 2.37. The molecule has 2 atom stereocenters. The van der Waals surface area contributed by atoms with E-state index in [1.807, 2.05) is 19.1 Å². The first kappa shape index (κ1) is 14.6. The molecule has 2 rings (SSSR count). The lowest BCUT2D eigenvalue weighted by Crippen LogP contribution is -2.33. The molecular formula is C15H21ClO3. The summed E-state index contributed by atoms with van der Waals surface area (Å²) in [4.78, 5) is 0. The van der Waals surface area contributed by atoms with Gasteiger partial charge in [0.15, 0.2) is 0 Å². The molecule has 0 radical (unpaired) electrons. The minimum atomic E-state index is -0.514. The van der Waals surface area contributed by atoms with Crippen LogP contribution in [0.1, 0.15) is 25.3 Å². The number of hydrogen-bond donors (Lipinski definition) is 1. The van der Waals surface area contributed by atoms with Crippen molar-refractivity contribution in [2.45, 2.75) is 38.4 Å². The van der Waals surface area contributed by atoms with E-state index in [9.17, 15) is 5.11 Å². The number of aliphatic hydroxyl groups is 1. The molecule has 0 saturated heterocycles. The Balaban J connectivity index is 2.08. The van der Waals surface area contributed by atoms with E-state index in [1.54, 1.807) is 13.2 Å². The predicted octanol–water partition coefficient (Wildman–Crippen LogP) is 3.07. The van der Waals surface area contributed by atoms with E-state index in [0.29, 0.717) is 24.0 Å². The zero-order chi connectivity index (χ0) is 13.8. The second kappa shape index (κ2) is 6.60. The van der Waals surface area contributed by atoms with Crippen LogP contribution in [0.5, 0.6) is 5.75 Å². The largest absolute Gasteiger partial charge is 0.496 e. The van der Waals surface area contributed by atoms with E-state index in [4.69, 9.17) is 21.1 Å². The summed E-state index contributed by atoms with van der Waals surface area (Å²) in [6, 6.07) is 5.47. The number of rotatable bonds is 7. The molecular weight excluding hydrogens is 264 g/mol. The molecule has 1 aromatic rings. The van der Waals surface area contributed by atoms with Gasteiger partial charge >= 0.3 is 0 Å². The summed E-state index contributed by atoms with van der Waals surface area (Å²) in [5, 5.41) is 11.0. The summed E-state index contributed by atoms with van der Waals surface area (Å²) in [6.45, 7) is 2.59. The average Bonchev–Trinajstić information content (AvgIpc) is 3.20. The Morgan fingerprint density at radius 1 is 1.42 bits per heavy atom. The zero-order valence-electron chi connectivity index (χ0n) is 11.4. The van der Waals surface area contributed by atoms with Crippen LogP contribution in [0.4, 0.5) is 0 Å². The van der Waals surface area contributed by atoms with Crippen molar-refractivity contribution in [3.8, 4) is 5.75 Å². The van der Waals surface area contributed by atoms with Crippen molar-refractivity contribution >= 4 is 11.6 Å². The molecule has 0 spiro atoms. The third-order valence-electron chi connectivity index (χ3n) is 3.50. The first-order valence-corrected chi connectivity index (χ1v) is 7.15. The monoisotopic (exact) mass is 284 g/mol. The van der Waals surface area contributed by atoms with Gasteiger partial charge in [0.1, 0.15) is 5.75 Å². The zero-order valence-corrected chi connectivity index (χ0v) is 12.2. The van der Waals surface area contributed by atoms with Crippen LogP contribution in [0, 0.1) is 5.92 Å². The van der Waals surface area contributed by atoms with Crippen LogP contribution in [0.2, 0.25) is 5.02 Å². The molecule has 0 bridgehead atoms. The van der Waals surface area contributed by atoms with E-state index < -0.39 is 6.10 Å². The van der Waals surface area contributed by atoms with Crippen LogP contribution in [0.25, 0.3) is 0 Å². The third-order valence-corrected chi connectivity index (χ3v) is 3.73. The fourth-order valence-electron chi connectivity index (χ4n) is 2.43. The molecule has 1 aliphatic carbocycles. The van der Waals surface area contributed by atoms with Gasteiger partial charge in [-0.25, -0.2) is 0 Å². The van der Waals surface area contributed by atoms with Crippen LogP contribution < -0.4 is 4.74 Å². The molecule has 3 nitrogen and oxygen atoms in total. The Hall–Kier alpha value is -0.770. The fourth-order valence-corrected chi connectivity index (χ4v) is 2.62. The second-order valence-corrected chi connectivity index (χ2v) is 5.42. The molecule has 1 aliphatic rings. The quantitative estimate of drug-likeness (QED) is 0.836. The third kappa shape index (κ3) is 3.85. The Morgan fingerprint density at radius 2 is 2.16 bits per heavy atom. The van der Waals surface area contributed by atoms with Crippen molar-refractivity contribution in [1.82, 2.24) is 0 Å². The van der Waals surface area contributed by atoms with Gasteiger partial charge < -0.3 is 14.6 Å². The molecule has 0 amide bonds. The molecule has 1 aromatic carbocycles. The van der Waals surface area contributed by atoms with Gasteiger partial charge in [0, 0.05) is 18.1 Å². The number of aliphatic hydroxyl groups excluding tert-OH is 1. The molecule has 106 valence electrons. The lowest BCUT2D eigenvalue weighted by Gasteiger charge is -2.23. The number of ether oxygens (including phenoxy) is 2. The Kier molecular flexibility index (Phi) is 5.08. The van der Waals surface area contributed by atoms with Crippen molar-refractivity contribution in [1.29, 1.82) is 0 Å². The summed E-state index contributed by atoms with van der Waals surface area (Å²) in [7, 11) is 1.63. The predicted molar refractivity (Wildman–Crippen MR) is 75.9 cm³/mol. The molecule has 19 heavy (non-hydrogen) atoms. The van der Waals surface area contributed by atoms with Crippen molar-refractivity contribution in [2.24, 2.45) is 5.92 Å². The van der Waals surface area contributed by atoms with E-state index in [-0.39, 0.29) is 6.10 Å². The summed E-state index contributed by atoms with van der Waals surface area (Å²) in [5.41, 5.74) is 0.924. The molecule has 1 saturated carbocycles. The summed E-state index contributed by atoms with van der Waals surface area (Å²) in [6.07, 6.45) is 2.21. The van der Waals surface area contributed by atoms with Crippen molar-refractivity contribution in [3.63, 3.8) is 0 Å². The minimum absolute atomic E-state index is 0.0753. The van der Waals surface area contributed by atoms with E-state index in [2.05, 4.69) is 0 Å². The van der Waals surface area contributed by atoms with Crippen molar-refractivity contribution < 1.29 is 14.6 Å². The number of halogens is 1. The van der Waals surface area contributed by atoms with Crippen LogP contribution >= 0.6 is 11.6 Å². The van der Waals surface area contributed by atoms with Gasteiger partial charge in [-0.3, -0.25) is 0 Å². The molecule has 0 heterocycles. The lowest BCUT2D eigenvalue weighted by molar-refractivity contribution is -0.0441. The van der Waals surface area contributed by atoms with Crippen LogP contribution in [0.3, 0.4) is 0 Å². The van der Waals surface area contributed by atoms with E-state index in [1.165, 1.54) is 0 Å². The summed E-state index contributed by atoms with van der Waals surface area (Å²) >= 11 is 6.00. The molecule has 4 heteroatoms. The van der Waals surface area contributed by atoms with Crippen LogP contribution in [-0.2, 0) is 11.2 Å². The van der Waals surface area contributed by atoms with Gasteiger partial charge in [-0.15, -0.1) is 0 Å². The number of benzene rings is 1. The normalized spacial score (nSPS) is 18.1. The van der Waals surface area contributed by atoms with Crippen molar-refractivity contribution in [3.05, 3.63) is 28.8 Å². The van der Waals surface area contributed by atoms with Gasteiger partial charge in [-0.1, -0.05) is 11.6 Å². The maximum Gasteiger partial charge on any atom is 0.122 e. The summed E-state index contributed by atoms with van der Waals surface area (Å²) in [5.74, 6) is 1.26. The first-order valence-electron chi connectivity index (χ1n) is 6.77. The van der Waals surface area contributed by atoms with E-state index in [0.717, 1.165) is 24.2 Å². The second-order valence-electron chi connectivity index (χ2n) is 4.99. The van der Waals surface area contributed by atoms with Gasteiger partial charge in [0.05, 0.1) is 19.3 Å². The van der Waals surface area contributed by atoms with E-state index >= 15 is 0 Å². The highest BCUT2D eigenvalue weighted by molar-refractivity contribution is 6.30. The maximum atomic E-state index is 10.4. The molecule has 1 fully saturated rings. The van der Waals surface area contributed by atoms with Crippen LogP contribution in [-0.4, -0.2) is 31.0 Å². The summed E-state index contributed by atoms with van der Waals surface area (Å²) < 4.78 is 11.0. The van der Waals surface area contributed by atoms with Crippen molar-refractivity contribution in [2.75, 3.05) is 13.7 Å².